The van der Waals surface area contributed by atoms with E-state index < -0.39 is 18.5 Å². The maximum absolute atomic E-state index is 12.0. The lowest BCUT2D eigenvalue weighted by atomic mass is 10.2. The van der Waals surface area contributed by atoms with Crippen LogP contribution in [0.2, 0.25) is 5.02 Å². The predicted molar refractivity (Wildman–Crippen MR) is 106 cm³/mol. The highest BCUT2D eigenvalue weighted by molar-refractivity contribution is 9.10. The summed E-state index contributed by atoms with van der Waals surface area (Å²) in [4.78, 5) is 28.2. The first kappa shape index (κ1) is 18.6. The zero-order valence-corrected chi connectivity index (χ0v) is 16.4. The van der Waals surface area contributed by atoms with Crippen molar-refractivity contribution in [3.8, 4) is 11.3 Å². The fraction of sp³-hybridized carbons (Fsp3) is 0.0556. The first-order valence-corrected chi connectivity index (χ1v) is 9.50. The summed E-state index contributed by atoms with van der Waals surface area (Å²) in [7, 11) is 0. The molecule has 1 aromatic heterocycles. The summed E-state index contributed by atoms with van der Waals surface area (Å²) < 4.78 is 5.93. The zero-order chi connectivity index (χ0) is 18.5. The van der Waals surface area contributed by atoms with Crippen molar-refractivity contribution in [2.24, 2.45) is 0 Å². The van der Waals surface area contributed by atoms with Crippen molar-refractivity contribution in [2.45, 2.75) is 0 Å². The summed E-state index contributed by atoms with van der Waals surface area (Å²) in [5.41, 5.74) is 1.97. The molecule has 0 aliphatic rings. The average Bonchev–Trinajstić information content (AvgIpc) is 3.08. The molecule has 1 N–H and O–H groups in total. The number of thiazole rings is 1. The van der Waals surface area contributed by atoms with Crippen LogP contribution >= 0.6 is 38.9 Å². The van der Waals surface area contributed by atoms with Crippen LogP contribution in [0, 0.1) is 0 Å². The van der Waals surface area contributed by atoms with Crippen molar-refractivity contribution in [2.75, 3.05) is 11.9 Å². The van der Waals surface area contributed by atoms with Gasteiger partial charge in [-0.15, -0.1) is 11.3 Å². The smallest absolute Gasteiger partial charge is 0.338 e. The molecule has 0 atom stereocenters. The summed E-state index contributed by atoms with van der Waals surface area (Å²) in [5, 5.41) is 5.32. The maximum atomic E-state index is 12.0. The van der Waals surface area contributed by atoms with Crippen LogP contribution < -0.4 is 5.32 Å². The Bertz CT molecular complexity index is 961. The van der Waals surface area contributed by atoms with Crippen LogP contribution in [0.1, 0.15) is 10.4 Å². The normalized spacial score (nSPS) is 10.4. The number of carbonyl (C=O) groups is 2. The molecule has 8 heteroatoms. The summed E-state index contributed by atoms with van der Waals surface area (Å²) in [5.74, 6) is -1.08. The molecule has 0 unspecified atom stereocenters. The number of hydrogen-bond donors (Lipinski definition) is 1. The lowest BCUT2D eigenvalue weighted by Gasteiger charge is -2.05. The molecule has 0 radical (unpaired) electrons. The number of aromatic nitrogens is 1. The number of benzene rings is 2. The zero-order valence-electron chi connectivity index (χ0n) is 13.2. The Morgan fingerprint density at radius 3 is 2.77 bits per heavy atom. The molecular weight excluding hydrogens is 440 g/mol. The van der Waals surface area contributed by atoms with Gasteiger partial charge in [-0.25, -0.2) is 9.78 Å². The molecule has 0 aliphatic heterocycles. The molecule has 0 bridgehead atoms. The molecule has 132 valence electrons. The van der Waals surface area contributed by atoms with E-state index in [1.54, 1.807) is 18.2 Å². The van der Waals surface area contributed by atoms with Crippen molar-refractivity contribution < 1.29 is 14.3 Å². The third-order valence-electron chi connectivity index (χ3n) is 3.27. The molecular formula is C18H12BrClN2O3S. The SMILES string of the molecule is O=C(COC(=O)c1cccc(Cl)c1)Nc1nc(-c2cccc(Br)c2)cs1. The summed E-state index contributed by atoms with van der Waals surface area (Å²) in [6, 6.07) is 14.0. The number of rotatable bonds is 5. The van der Waals surface area contributed by atoms with Crippen molar-refractivity contribution >= 4 is 55.9 Å². The highest BCUT2D eigenvalue weighted by atomic mass is 79.9. The van der Waals surface area contributed by atoms with Gasteiger partial charge < -0.3 is 4.74 Å². The summed E-state index contributed by atoms with van der Waals surface area (Å²) >= 11 is 10.5. The van der Waals surface area contributed by atoms with Crippen LogP contribution in [0.4, 0.5) is 5.13 Å². The van der Waals surface area contributed by atoms with Crippen molar-refractivity contribution in [3.63, 3.8) is 0 Å². The molecule has 3 rings (SSSR count). The Hall–Kier alpha value is -2.22. The van der Waals surface area contributed by atoms with Crippen LogP contribution in [-0.4, -0.2) is 23.5 Å². The van der Waals surface area contributed by atoms with Gasteiger partial charge in [-0.3, -0.25) is 10.1 Å². The Kier molecular flexibility index (Phi) is 6.03. The highest BCUT2D eigenvalue weighted by Gasteiger charge is 2.12. The molecule has 0 saturated carbocycles. The number of anilines is 1. The molecule has 1 heterocycles. The van der Waals surface area contributed by atoms with Crippen LogP contribution in [0.25, 0.3) is 11.3 Å². The standard InChI is InChI=1S/C18H12BrClN2O3S/c19-13-5-1-3-11(7-13)15-10-26-18(21-15)22-16(23)9-25-17(24)12-4-2-6-14(20)8-12/h1-8,10H,9H2,(H,21,22,23). The molecule has 0 aliphatic carbocycles. The number of esters is 1. The second kappa shape index (κ2) is 8.44. The van der Waals surface area contributed by atoms with Crippen molar-refractivity contribution in [1.29, 1.82) is 0 Å². The molecule has 0 spiro atoms. The predicted octanol–water partition coefficient (Wildman–Crippen LogP) is 5.02. The van der Waals surface area contributed by atoms with Gasteiger partial charge >= 0.3 is 5.97 Å². The lowest BCUT2D eigenvalue weighted by molar-refractivity contribution is -0.119. The number of nitrogens with one attached hydrogen (secondary N) is 1. The average molecular weight is 452 g/mol. The molecule has 1 amide bonds. The van der Waals surface area contributed by atoms with E-state index in [9.17, 15) is 9.59 Å². The number of amides is 1. The van der Waals surface area contributed by atoms with Gasteiger partial charge in [-0.2, -0.15) is 0 Å². The van der Waals surface area contributed by atoms with Gasteiger partial charge in [-0.05, 0) is 30.3 Å². The second-order valence-corrected chi connectivity index (χ2v) is 7.39. The van der Waals surface area contributed by atoms with Gasteiger partial charge in [0, 0.05) is 20.4 Å². The van der Waals surface area contributed by atoms with E-state index in [-0.39, 0.29) is 5.56 Å². The van der Waals surface area contributed by atoms with Gasteiger partial charge in [0.1, 0.15) is 0 Å². The van der Waals surface area contributed by atoms with Gasteiger partial charge in [-0.1, -0.05) is 45.7 Å². The van der Waals surface area contributed by atoms with Crippen molar-refractivity contribution in [1.82, 2.24) is 4.98 Å². The van der Waals surface area contributed by atoms with E-state index in [0.717, 1.165) is 15.7 Å². The fourth-order valence-corrected chi connectivity index (χ4v) is 3.42. The van der Waals surface area contributed by atoms with Gasteiger partial charge in [0.15, 0.2) is 11.7 Å². The van der Waals surface area contributed by atoms with Gasteiger partial charge in [0.25, 0.3) is 5.91 Å². The second-order valence-electron chi connectivity index (χ2n) is 5.18. The number of hydrogen-bond acceptors (Lipinski definition) is 5. The minimum atomic E-state index is -0.614. The van der Waals surface area contributed by atoms with Crippen molar-refractivity contribution in [3.05, 3.63) is 69.0 Å². The molecule has 2 aromatic carbocycles. The first-order chi connectivity index (χ1) is 12.5. The first-order valence-electron chi connectivity index (χ1n) is 7.45. The van der Waals surface area contributed by atoms with Crippen LogP contribution in [0.5, 0.6) is 0 Å². The van der Waals surface area contributed by atoms with E-state index in [0.29, 0.717) is 10.2 Å². The minimum absolute atomic E-state index is 0.288. The molecule has 0 fully saturated rings. The molecule has 0 saturated heterocycles. The largest absolute Gasteiger partial charge is 0.452 e. The maximum Gasteiger partial charge on any atom is 0.338 e. The Morgan fingerprint density at radius 1 is 1.19 bits per heavy atom. The number of nitrogens with zero attached hydrogens (tertiary/aromatic N) is 1. The number of halogens is 2. The molecule has 3 aromatic rings. The van der Waals surface area contributed by atoms with E-state index >= 15 is 0 Å². The lowest BCUT2D eigenvalue weighted by Crippen LogP contribution is -2.20. The minimum Gasteiger partial charge on any atom is -0.452 e. The molecule has 26 heavy (non-hydrogen) atoms. The van der Waals surface area contributed by atoms with Crippen LogP contribution in [0.3, 0.4) is 0 Å². The Labute approximate surface area is 167 Å². The quantitative estimate of drug-likeness (QED) is 0.553. The highest BCUT2D eigenvalue weighted by Crippen LogP contribution is 2.26. The van der Waals surface area contributed by atoms with Gasteiger partial charge in [0.05, 0.1) is 11.3 Å². The summed E-state index contributed by atoms with van der Waals surface area (Å²) in [6.07, 6.45) is 0. The van der Waals surface area contributed by atoms with E-state index in [1.807, 2.05) is 29.6 Å². The Morgan fingerprint density at radius 2 is 2.00 bits per heavy atom. The van der Waals surface area contributed by atoms with Crippen LogP contribution in [-0.2, 0) is 9.53 Å². The van der Waals surface area contributed by atoms with Gasteiger partial charge in [0.2, 0.25) is 0 Å². The number of carbonyl (C=O) groups excluding carboxylic acids is 2. The van der Waals surface area contributed by atoms with E-state index in [1.165, 1.54) is 17.4 Å². The van der Waals surface area contributed by atoms with E-state index in [2.05, 4.69) is 26.2 Å². The molecule has 5 nitrogen and oxygen atoms in total. The Balaban J connectivity index is 1.56. The third-order valence-corrected chi connectivity index (χ3v) is 4.75. The third kappa shape index (κ3) is 4.91. The fourth-order valence-electron chi connectivity index (χ4n) is 2.10. The number of ether oxygens (including phenoxy) is 1. The summed E-state index contributed by atoms with van der Waals surface area (Å²) in [6.45, 7) is -0.406. The van der Waals surface area contributed by atoms with E-state index in [4.69, 9.17) is 16.3 Å². The monoisotopic (exact) mass is 450 g/mol. The van der Waals surface area contributed by atoms with Crippen LogP contribution in [0.15, 0.2) is 58.4 Å². The topological polar surface area (TPSA) is 68.3 Å².